The predicted molar refractivity (Wildman–Crippen MR) is 94.4 cm³/mol. The summed E-state index contributed by atoms with van der Waals surface area (Å²) in [5, 5.41) is 10.7. The van der Waals surface area contributed by atoms with Gasteiger partial charge in [0.15, 0.2) is 0 Å². The Morgan fingerprint density at radius 2 is 1.64 bits per heavy atom. The molecule has 2 aromatic rings. The fourth-order valence-electron chi connectivity index (χ4n) is 3.01. The Balaban J connectivity index is 1.49. The van der Waals surface area contributed by atoms with Crippen LogP contribution in [-0.2, 0) is 13.1 Å². The Hall–Kier alpha value is -2.51. The number of hydrogen-bond acceptors (Lipinski definition) is 6. The number of nitro benzene ring substituents is 1. The summed E-state index contributed by atoms with van der Waals surface area (Å²) in [7, 11) is 1.63. The van der Waals surface area contributed by atoms with E-state index in [-0.39, 0.29) is 10.6 Å². The van der Waals surface area contributed by atoms with Crippen molar-refractivity contribution in [2.45, 2.75) is 13.1 Å². The maximum Gasteiger partial charge on any atom is 0.269 e. The average molecular weight is 342 g/mol. The summed E-state index contributed by atoms with van der Waals surface area (Å²) in [5.41, 5.74) is 2.45. The lowest BCUT2D eigenvalue weighted by Crippen LogP contribution is -2.45. The van der Waals surface area contributed by atoms with Gasteiger partial charge in [-0.2, -0.15) is 0 Å². The smallest absolute Gasteiger partial charge is 0.269 e. The average Bonchev–Trinajstić information content (AvgIpc) is 2.64. The third-order valence-electron chi connectivity index (χ3n) is 4.43. The molecular weight excluding hydrogens is 320 g/mol. The number of pyridine rings is 1. The second-order valence-electron chi connectivity index (χ2n) is 6.18. The van der Waals surface area contributed by atoms with Gasteiger partial charge in [-0.05, 0) is 17.2 Å². The van der Waals surface area contributed by atoms with Gasteiger partial charge in [0.1, 0.15) is 0 Å². The van der Waals surface area contributed by atoms with Gasteiger partial charge < -0.3 is 4.74 Å². The highest BCUT2D eigenvalue weighted by Gasteiger charge is 2.17. The van der Waals surface area contributed by atoms with Gasteiger partial charge in [0.2, 0.25) is 5.88 Å². The summed E-state index contributed by atoms with van der Waals surface area (Å²) in [6, 6.07) is 10.8. The molecule has 0 atom stereocenters. The Morgan fingerprint density at radius 3 is 2.20 bits per heavy atom. The molecule has 7 nitrogen and oxygen atoms in total. The fraction of sp³-hybridized carbons (Fsp3) is 0.389. The van der Waals surface area contributed by atoms with Crippen molar-refractivity contribution < 1.29 is 9.66 Å². The van der Waals surface area contributed by atoms with E-state index >= 15 is 0 Å². The van der Waals surface area contributed by atoms with Gasteiger partial charge in [0, 0.05) is 63.7 Å². The number of hydrogen-bond donors (Lipinski definition) is 0. The number of non-ortho nitro benzene ring substituents is 1. The molecule has 2 heterocycles. The number of piperazine rings is 1. The molecular formula is C18H22N4O3. The Labute approximate surface area is 147 Å². The van der Waals surface area contributed by atoms with Crippen LogP contribution in [0.25, 0.3) is 0 Å². The van der Waals surface area contributed by atoms with Crippen LogP contribution in [0, 0.1) is 10.1 Å². The number of aromatic nitrogens is 1. The first-order chi connectivity index (χ1) is 12.1. The molecule has 0 bridgehead atoms. The molecule has 0 amide bonds. The molecule has 1 saturated heterocycles. The van der Waals surface area contributed by atoms with E-state index in [9.17, 15) is 10.1 Å². The van der Waals surface area contributed by atoms with E-state index in [1.165, 1.54) is 5.56 Å². The summed E-state index contributed by atoms with van der Waals surface area (Å²) in [5.74, 6) is 0.648. The van der Waals surface area contributed by atoms with Crippen molar-refractivity contribution in [2.24, 2.45) is 0 Å². The number of rotatable bonds is 6. The van der Waals surface area contributed by atoms with Crippen LogP contribution in [0.4, 0.5) is 5.69 Å². The van der Waals surface area contributed by atoms with Gasteiger partial charge >= 0.3 is 0 Å². The minimum Gasteiger partial charge on any atom is -0.481 e. The van der Waals surface area contributed by atoms with Crippen LogP contribution >= 0.6 is 0 Å². The first-order valence-electron chi connectivity index (χ1n) is 8.31. The lowest BCUT2D eigenvalue weighted by atomic mass is 10.1. The number of nitrogens with zero attached hydrogens (tertiary/aromatic N) is 4. The van der Waals surface area contributed by atoms with Crippen molar-refractivity contribution in [3.8, 4) is 5.88 Å². The molecule has 0 N–H and O–H groups in total. The van der Waals surface area contributed by atoms with E-state index in [4.69, 9.17) is 4.74 Å². The van der Waals surface area contributed by atoms with E-state index in [1.54, 1.807) is 25.4 Å². The van der Waals surface area contributed by atoms with Crippen LogP contribution in [0.15, 0.2) is 42.6 Å². The van der Waals surface area contributed by atoms with Gasteiger partial charge in [-0.25, -0.2) is 4.98 Å². The highest BCUT2D eigenvalue weighted by Crippen LogP contribution is 2.16. The maximum absolute atomic E-state index is 10.7. The molecule has 1 aromatic carbocycles. The quantitative estimate of drug-likeness (QED) is 0.593. The summed E-state index contributed by atoms with van der Waals surface area (Å²) in [4.78, 5) is 19.3. The lowest BCUT2D eigenvalue weighted by Gasteiger charge is -2.34. The van der Waals surface area contributed by atoms with Crippen molar-refractivity contribution in [2.75, 3.05) is 33.3 Å². The number of benzene rings is 1. The first kappa shape index (κ1) is 17.3. The van der Waals surface area contributed by atoms with Crippen LogP contribution in [-0.4, -0.2) is 53.0 Å². The summed E-state index contributed by atoms with van der Waals surface area (Å²) in [6.45, 7) is 5.69. The summed E-state index contributed by atoms with van der Waals surface area (Å²) < 4.78 is 5.17. The fourth-order valence-corrected chi connectivity index (χ4v) is 3.01. The molecule has 0 saturated carbocycles. The predicted octanol–water partition coefficient (Wildman–Crippen LogP) is 2.32. The SMILES string of the molecule is COc1cc(CN2CCN(Cc3ccc([N+](=O)[O-])cc3)CC2)ccn1. The zero-order valence-electron chi connectivity index (χ0n) is 14.3. The van der Waals surface area contributed by atoms with Crippen molar-refractivity contribution in [1.82, 2.24) is 14.8 Å². The van der Waals surface area contributed by atoms with Crippen LogP contribution < -0.4 is 4.74 Å². The van der Waals surface area contributed by atoms with Crippen LogP contribution in [0.5, 0.6) is 5.88 Å². The van der Waals surface area contributed by atoms with Gasteiger partial charge in [-0.15, -0.1) is 0 Å². The van der Waals surface area contributed by atoms with Crippen LogP contribution in [0.2, 0.25) is 0 Å². The number of ether oxygens (including phenoxy) is 1. The van der Waals surface area contributed by atoms with Crippen molar-refractivity contribution in [3.63, 3.8) is 0 Å². The standard InChI is InChI=1S/C18H22N4O3/c1-25-18-12-16(6-7-19-18)14-21-10-8-20(9-11-21)13-15-2-4-17(5-3-15)22(23)24/h2-7,12H,8-11,13-14H2,1H3. The normalized spacial score (nSPS) is 15.9. The maximum atomic E-state index is 10.7. The second-order valence-corrected chi connectivity index (χ2v) is 6.18. The molecule has 25 heavy (non-hydrogen) atoms. The molecule has 1 aromatic heterocycles. The molecule has 0 aliphatic carbocycles. The zero-order chi connectivity index (χ0) is 17.6. The van der Waals surface area contributed by atoms with Gasteiger partial charge in [0.05, 0.1) is 12.0 Å². The number of nitro groups is 1. The zero-order valence-corrected chi connectivity index (χ0v) is 14.3. The second kappa shape index (κ2) is 8.04. The first-order valence-corrected chi connectivity index (χ1v) is 8.31. The van der Waals surface area contributed by atoms with Crippen LogP contribution in [0.3, 0.4) is 0 Å². The summed E-state index contributed by atoms with van der Waals surface area (Å²) >= 11 is 0. The lowest BCUT2D eigenvalue weighted by molar-refractivity contribution is -0.384. The molecule has 7 heteroatoms. The minimum atomic E-state index is -0.364. The third kappa shape index (κ3) is 4.74. The number of methoxy groups -OCH3 is 1. The molecule has 132 valence electrons. The molecule has 1 fully saturated rings. The molecule has 1 aliphatic rings. The molecule has 0 unspecified atom stereocenters. The highest BCUT2D eigenvalue weighted by atomic mass is 16.6. The van der Waals surface area contributed by atoms with E-state index in [0.29, 0.717) is 5.88 Å². The van der Waals surface area contributed by atoms with Gasteiger partial charge in [-0.3, -0.25) is 19.9 Å². The van der Waals surface area contributed by atoms with Crippen molar-refractivity contribution in [3.05, 3.63) is 63.8 Å². The van der Waals surface area contributed by atoms with Crippen LogP contribution in [0.1, 0.15) is 11.1 Å². The molecule has 0 spiro atoms. The largest absolute Gasteiger partial charge is 0.481 e. The Morgan fingerprint density at radius 1 is 1.04 bits per heavy atom. The molecule has 3 rings (SSSR count). The van der Waals surface area contributed by atoms with Gasteiger partial charge in [0.25, 0.3) is 5.69 Å². The third-order valence-corrected chi connectivity index (χ3v) is 4.43. The summed E-state index contributed by atoms with van der Waals surface area (Å²) in [6.07, 6.45) is 1.78. The minimum absolute atomic E-state index is 0.140. The monoisotopic (exact) mass is 342 g/mol. The van der Waals surface area contributed by atoms with Crippen molar-refractivity contribution in [1.29, 1.82) is 0 Å². The van der Waals surface area contributed by atoms with Crippen molar-refractivity contribution >= 4 is 5.69 Å². The Bertz CT molecular complexity index is 713. The topological polar surface area (TPSA) is 71.7 Å². The van der Waals surface area contributed by atoms with E-state index in [0.717, 1.165) is 44.8 Å². The Kier molecular flexibility index (Phi) is 5.57. The molecule has 1 aliphatic heterocycles. The van der Waals surface area contributed by atoms with Gasteiger partial charge in [-0.1, -0.05) is 12.1 Å². The van der Waals surface area contributed by atoms with E-state index in [1.807, 2.05) is 24.3 Å². The highest BCUT2D eigenvalue weighted by molar-refractivity contribution is 5.32. The molecule has 0 radical (unpaired) electrons. The van der Waals surface area contributed by atoms with E-state index in [2.05, 4.69) is 14.8 Å². The van der Waals surface area contributed by atoms with E-state index < -0.39 is 0 Å².